The van der Waals surface area contributed by atoms with Crippen molar-refractivity contribution < 1.29 is 0 Å². The van der Waals surface area contributed by atoms with E-state index in [1.807, 2.05) is 12.4 Å². The molecule has 1 aliphatic heterocycles. The van der Waals surface area contributed by atoms with Gasteiger partial charge < -0.3 is 5.32 Å². The molecule has 0 amide bonds. The van der Waals surface area contributed by atoms with Gasteiger partial charge in [-0.2, -0.15) is 0 Å². The van der Waals surface area contributed by atoms with Crippen molar-refractivity contribution in [2.75, 3.05) is 13.1 Å². The lowest BCUT2D eigenvalue weighted by molar-refractivity contribution is 0.100. The van der Waals surface area contributed by atoms with Crippen LogP contribution in [0.1, 0.15) is 38.7 Å². The average Bonchev–Trinajstić information content (AvgIpc) is 3.24. The van der Waals surface area contributed by atoms with Crippen LogP contribution in [0.5, 0.6) is 0 Å². The van der Waals surface area contributed by atoms with Crippen molar-refractivity contribution in [2.24, 2.45) is 11.8 Å². The summed E-state index contributed by atoms with van der Waals surface area (Å²) in [5, 5.41) is 3.78. The fourth-order valence-electron chi connectivity index (χ4n) is 3.48. The van der Waals surface area contributed by atoms with Gasteiger partial charge in [-0.3, -0.25) is 9.88 Å². The smallest absolute Gasteiger partial charge is 0.0271 e. The van der Waals surface area contributed by atoms with E-state index in [1.54, 1.807) is 0 Å². The molecule has 3 heteroatoms. The monoisotopic (exact) mass is 273 g/mol. The summed E-state index contributed by atoms with van der Waals surface area (Å²) in [7, 11) is 0. The number of hydrogen-bond acceptors (Lipinski definition) is 3. The molecule has 1 saturated carbocycles. The van der Waals surface area contributed by atoms with Crippen molar-refractivity contribution >= 4 is 0 Å². The van der Waals surface area contributed by atoms with Crippen LogP contribution in [-0.4, -0.2) is 35.1 Å². The van der Waals surface area contributed by atoms with Crippen molar-refractivity contribution in [1.29, 1.82) is 0 Å². The number of hydrogen-bond donors (Lipinski definition) is 1. The Bertz CT molecular complexity index is 414. The van der Waals surface area contributed by atoms with Gasteiger partial charge in [-0.25, -0.2) is 0 Å². The van der Waals surface area contributed by atoms with Gasteiger partial charge in [-0.15, -0.1) is 0 Å². The zero-order valence-electron chi connectivity index (χ0n) is 12.8. The Morgan fingerprint density at radius 3 is 2.70 bits per heavy atom. The lowest BCUT2D eigenvalue weighted by Gasteiger charge is -2.41. The first-order valence-corrected chi connectivity index (χ1v) is 8.08. The number of nitrogens with zero attached hydrogens (tertiary/aromatic N) is 2. The van der Waals surface area contributed by atoms with Crippen LogP contribution < -0.4 is 5.32 Å². The molecule has 2 aliphatic rings. The van der Waals surface area contributed by atoms with Crippen LogP contribution in [0.25, 0.3) is 0 Å². The SMILES string of the molecule is CC(C)CC1CN(Cc2ccncc2)C(C2CC2)CN1. The summed E-state index contributed by atoms with van der Waals surface area (Å²) >= 11 is 0. The van der Waals surface area contributed by atoms with E-state index >= 15 is 0 Å². The van der Waals surface area contributed by atoms with E-state index in [0.29, 0.717) is 6.04 Å². The zero-order chi connectivity index (χ0) is 13.9. The van der Waals surface area contributed by atoms with Crippen LogP contribution in [0.3, 0.4) is 0 Å². The standard InChI is InChI=1S/C17H27N3/c1-13(2)9-16-12-20(11-14-5-7-18-8-6-14)17(10-19-16)15-3-4-15/h5-8,13,15-17,19H,3-4,9-12H2,1-2H3. The molecule has 2 heterocycles. The van der Waals surface area contributed by atoms with E-state index in [9.17, 15) is 0 Å². The number of rotatable bonds is 5. The summed E-state index contributed by atoms with van der Waals surface area (Å²) in [4.78, 5) is 6.85. The van der Waals surface area contributed by atoms with Crippen LogP contribution in [0.15, 0.2) is 24.5 Å². The van der Waals surface area contributed by atoms with E-state index in [2.05, 4.69) is 41.2 Å². The van der Waals surface area contributed by atoms with E-state index < -0.39 is 0 Å². The zero-order valence-corrected chi connectivity index (χ0v) is 12.8. The number of aromatic nitrogens is 1. The topological polar surface area (TPSA) is 28.2 Å². The quantitative estimate of drug-likeness (QED) is 0.894. The van der Waals surface area contributed by atoms with Crippen LogP contribution >= 0.6 is 0 Å². The fourth-order valence-corrected chi connectivity index (χ4v) is 3.48. The number of pyridine rings is 1. The first kappa shape index (κ1) is 14.0. The number of nitrogens with one attached hydrogen (secondary N) is 1. The third kappa shape index (κ3) is 3.58. The van der Waals surface area contributed by atoms with Gasteiger partial charge in [0.15, 0.2) is 0 Å². The van der Waals surface area contributed by atoms with Gasteiger partial charge in [0.25, 0.3) is 0 Å². The molecule has 0 radical (unpaired) electrons. The number of piperazine rings is 1. The maximum atomic E-state index is 4.13. The highest BCUT2D eigenvalue weighted by atomic mass is 15.2. The van der Waals surface area contributed by atoms with Crippen LogP contribution in [-0.2, 0) is 6.54 Å². The second kappa shape index (κ2) is 6.23. The molecule has 1 N–H and O–H groups in total. The first-order chi connectivity index (χ1) is 9.72. The molecule has 1 aliphatic carbocycles. The molecule has 0 bridgehead atoms. The predicted molar refractivity (Wildman–Crippen MR) is 82.4 cm³/mol. The minimum atomic E-state index is 0.659. The Balaban J connectivity index is 1.65. The second-order valence-corrected chi connectivity index (χ2v) is 6.92. The van der Waals surface area contributed by atoms with Crippen molar-refractivity contribution in [3.8, 4) is 0 Å². The highest BCUT2D eigenvalue weighted by Gasteiger charge is 2.38. The van der Waals surface area contributed by atoms with Gasteiger partial charge in [-0.05, 0) is 48.8 Å². The highest BCUT2D eigenvalue weighted by molar-refractivity contribution is 5.10. The third-order valence-corrected chi connectivity index (χ3v) is 4.60. The average molecular weight is 273 g/mol. The minimum absolute atomic E-state index is 0.659. The highest BCUT2D eigenvalue weighted by Crippen LogP contribution is 2.37. The minimum Gasteiger partial charge on any atom is -0.311 e. The molecule has 2 unspecified atom stereocenters. The Kier molecular flexibility index (Phi) is 4.37. The Labute approximate surface area is 122 Å². The Hall–Kier alpha value is -0.930. The molecule has 1 aromatic heterocycles. The molecular weight excluding hydrogens is 246 g/mol. The summed E-state index contributed by atoms with van der Waals surface area (Å²) in [5.74, 6) is 1.71. The molecule has 0 spiro atoms. The van der Waals surface area contributed by atoms with E-state index in [0.717, 1.165) is 24.4 Å². The van der Waals surface area contributed by atoms with Crippen LogP contribution in [0.4, 0.5) is 0 Å². The Morgan fingerprint density at radius 2 is 2.05 bits per heavy atom. The summed E-state index contributed by atoms with van der Waals surface area (Å²) in [6, 6.07) is 5.71. The van der Waals surface area contributed by atoms with Gasteiger partial charge in [0.2, 0.25) is 0 Å². The Morgan fingerprint density at radius 1 is 1.30 bits per heavy atom. The molecular formula is C17H27N3. The van der Waals surface area contributed by atoms with Gasteiger partial charge in [0.1, 0.15) is 0 Å². The molecule has 3 nitrogen and oxygen atoms in total. The van der Waals surface area contributed by atoms with Crippen LogP contribution in [0.2, 0.25) is 0 Å². The van der Waals surface area contributed by atoms with Crippen molar-refractivity contribution in [1.82, 2.24) is 15.2 Å². The summed E-state index contributed by atoms with van der Waals surface area (Å²) < 4.78 is 0. The third-order valence-electron chi connectivity index (χ3n) is 4.60. The maximum absolute atomic E-state index is 4.13. The van der Waals surface area contributed by atoms with Crippen LogP contribution in [0, 0.1) is 11.8 Å². The molecule has 1 aromatic rings. The molecule has 2 atom stereocenters. The van der Waals surface area contributed by atoms with Crippen molar-refractivity contribution in [3.63, 3.8) is 0 Å². The summed E-state index contributed by atoms with van der Waals surface area (Å²) in [6.07, 6.45) is 7.96. The molecule has 2 fully saturated rings. The van der Waals surface area contributed by atoms with Crippen molar-refractivity contribution in [2.45, 2.75) is 51.7 Å². The largest absolute Gasteiger partial charge is 0.311 e. The summed E-state index contributed by atoms with van der Waals surface area (Å²) in [6.45, 7) is 8.10. The molecule has 110 valence electrons. The van der Waals surface area contributed by atoms with E-state index in [1.165, 1.54) is 37.9 Å². The van der Waals surface area contributed by atoms with Gasteiger partial charge in [0.05, 0.1) is 0 Å². The lowest BCUT2D eigenvalue weighted by Crippen LogP contribution is -2.57. The fraction of sp³-hybridized carbons (Fsp3) is 0.706. The van der Waals surface area contributed by atoms with Gasteiger partial charge in [-0.1, -0.05) is 13.8 Å². The van der Waals surface area contributed by atoms with Gasteiger partial charge in [0, 0.05) is 44.1 Å². The first-order valence-electron chi connectivity index (χ1n) is 8.08. The van der Waals surface area contributed by atoms with E-state index in [4.69, 9.17) is 0 Å². The molecule has 0 aromatic carbocycles. The van der Waals surface area contributed by atoms with Crippen molar-refractivity contribution in [3.05, 3.63) is 30.1 Å². The van der Waals surface area contributed by atoms with E-state index in [-0.39, 0.29) is 0 Å². The lowest BCUT2D eigenvalue weighted by atomic mass is 9.97. The molecule has 3 rings (SSSR count). The molecule has 20 heavy (non-hydrogen) atoms. The molecule has 1 saturated heterocycles. The predicted octanol–water partition coefficient (Wildman–Crippen LogP) is 2.68. The normalized spacial score (nSPS) is 27.9. The maximum Gasteiger partial charge on any atom is 0.0271 e. The second-order valence-electron chi connectivity index (χ2n) is 6.92. The summed E-state index contributed by atoms with van der Waals surface area (Å²) in [5.41, 5.74) is 1.40. The van der Waals surface area contributed by atoms with Gasteiger partial charge >= 0.3 is 0 Å².